The van der Waals surface area contributed by atoms with Crippen LogP contribution in [0.1, 0.15) is 32.6 Å². The van der Waals surface area contributed by atoms with Crippen molar-refractivity contribution in [3.63, 3.8) is 0 Å². The van der Waals surface area contributed by atoms with Crippen molar-refractivity contribution in [2.45, 2.75) is 32.4 Å². The molecule has 17 heavy (non-hydrogen) atoms. The van der Waals surface area contributed by atoms with Gasteiger partial charge in [0.2, 0.25) is 0 Å². The van der Waals surface area contributed by atoms with Gasteiger partial charge in [-0.25, -0.2) is 4.79 Å². The average molecular weight is 236 g/mol. The Morgan fingerprint density at radius 1 is 1.59 bits per heavy atom. The topological polar surface area (TPSA) is 66.5 Å². The van der Waals surface area contributed by atoms with Crippen LogP contribution in [0.25, 0.3) is 0 Å². The van der Waals surface area contributed by atoms with Crippen molar-refractivity contribution >= 4 is 6.09 Å². The molecule has 0 aromatic carbocycles. The third-order valence-electron chi connectivity index (χ3n) is 2.00. The van der Waals surface area contributed by atoms with Crippen LogP contribution in [0.4, 0.5) is 4.79 Å². The van der Waals surface area contributed by atoms with Gasteiger partial charge in [-0.05, 0) is 32.9 Å². The Labute approximate surface area is 101 Å². The number of rotatable bonds is 2. The molecule has 1 unspecified atom stereocenters. The number of amides is 1. The van der Waals surface area contributed by atoms with Crippen LogP contribution >= 0.6 is 0 Å². The minimum absolute atomic E-state index is 0.417. The van der Waals surface area contributed by atoms with Crippen molar-refractivity contribution in [1.29, 1.82) is 5.26 Å². The van der Waals surface area contributed by atoms with Gasteiger partial charge in [0, 0.05) is 7.05 Å². The van der Waals surface area contributed by atoms with E-state index in [0.717, 1.165) is 0 Å². The zero-order valence-corrected chi connectivity index (χ0v) is 10.4. The third kappa shape index (κ3) is 3.52. The first-order chi connectivity index (χ1) is 7.85. The molecule has 1 aromatic rings. The second-order valence-corrected chi connectivity index (χ2v) is 4.64. The fourth-order valence-electron chi connectivity index (χ4n) is 1.23. The van der Waals surface area contributed by atoms with Crippen LogP contribution in [0.15, 0.2) is 22.8 Å². The lowest BCUT2D eigenvalue weighted by Crippen LogP contribution is -2.36. The predicted molar refractivity (Wildman–Crippen MR) is 61.1 cm³/mol. The van der Waals surface area contributed by atoms with Gasteiger partial charge in [0.25, 0.3) is 0 Å². The van der Waals surface area contributed by atoms with E-state index in [2.05, 4.69) is 0 Å². The number of hydrogen-bond donors (Lipinski definition) is 0. The first-order valence-corrected chi connectivity index (χ1v) is 5.24. The molecule has 1 atom stereocenters. The van der Waals surface area contributed by atoms with Crippen molar-refractivity contribution in [3.05, 3.63) is 24.2 Å². The lowest BCUT2D eigenvalue weighted by Gasteiger charge is -2.26. The van der Waals surface area contributed by atoms with E-state index >= 15 is 0 Å². The normalized spacial score (nSPS) is 12.6. The molecule has 1 heterocycles. The SMILES string of the molecule is CN(C(=O)OC(C)(C)C)C(C#N)c1ccco1. The second-order valence-electron chi connectivity index (χ2n) is 4.64. The first kappa shape index (κ1) is 13.1. The highest BCUT2D eigenvalue weighted by Gasteiger charge is 2.27. The summed E-state index contributed by atoms with van der Waals surface area (Å²) in [5, 5.41) is 9.06. The van der Waals surface area contributed by atoms with E-state index in [-0.39, 0.29) is 0 Å². The number of furan rings is 1. The van der Waals surface area contributed by atoms with E-state index in [1.807, 2.05) is 6.07 Å². The maximum atomic E-state index is 11.8. The molecule has 1 rings (SSSR count). The van der Waals surface area contributed by atoms with Crippen molar-refractivity contribution in [2.75, 3.05) is 7.05 Å². The average Bonchev–Trinajstić information content (AvgIpc) is 2.69. The first-order valence-electron chi connectivity index (χ1n) is 5.24. The van der Waals surface area contributed by atoms with E-state index in [1.54, 1.807) is 32.9 Å². The van der Waals surface area contributed by atoms with Crippen LogP contribution < -0.4 is 0 Å². The highest BCUT2D eigenvalue weighted by molar-refractivity contribution is 5.68. The minimum Gasteiger partial charge on any atom is -0.466 e. The molecule has 0 saturated carbocycles. The second kappa shape index (κ2) is 4.91. The van der Waals surface area contributed by atoms with E-state index in [0.29, 0.717) is 5.76 Å². The summed E-state index contributed by atoms with van der Waals surface area (Å²) >= 11 is 0. The summed E-state index contributed by atoms with van der Waals surface area (Å²) in [7, 11) is 1.50. The van der Waals surface area contributed by atoms with Crippen LogP contribution in [-0.4, -0.2) is 23.6 Å². The molecule has 0 spiro atoms. The molecule has 0 bridgehead atoms. The van der Waals surface area contributed by atoms with Crippen molar-refractivity contribution in [1.82, 2.24) is 4.90 Å². The van der Waals surface area contributed by atoms with Gasteiger partial charge in [-0.1, -0.05) is 0 Å². The number of ether oxygens (including phenoxy) is 1. The Bertz CT molecular complexity index is 412. The minimum atomic E-state index is -0.778. The maximum Gasteiger partial charge on any atom is 0.411 e. The van der Waals surface area contributed by atoms with E-state index in [9.17, 15) is 4.79 Å². The Balaban J connectivity index is 2.78. The summed E-state index contributed by atoms with van der Waals surface area (Å²) in [5.41, 5.74) is -0.589. The molecule has 92 valence electrons. The lowest BCUT2D eigenvalue weighted by molar-refractivity contribution is 0.0244. The van der Waals surface area contributed by atoms with Crippen LogP contribution in [-0.2, 0) is 4.74 Å². The molecule has 0 N–H and O–H groups in total. The third-order valence-corrected chi connectivity index (χ3v) is 2.00. The molecule has 0 aliphatic rings. The number of nitriles is 1. The monoisotopic (exact) mass is 236 g/mol. The molecule has 0 fully saturated rings. The summed E-state index contributed by atoms with van der Waals surface area (Å²) < 4.78 is 10.3. The fourth-order valence-corrected chi connectivity index (χ4v) is 1.23. The largest absolute Gasteiger partial charge is 0.466 e. The Morgan fingerprint density at radius 2 is 2.24 bits per heavy atom. The quantitative estimate of drug-likeness (QED) is 0.791. The van der Waals surface area contributed by atoms with Gasteiger partial charge in [0.05, 0.1) is 12.3 Å². The summed E-state index contributed by atoms with van der Waals surface area (Å²) in [6.45, 7) is 5.31. The van der Waals surface area contributed by atoms with Gasteiger partial charge >= 0.3 is 6.09 Å². The lowest BCUT2D eigenvalue weighted by atomic mass is 10.2. The van der Waals surface area contributed by atoms with Crippen LogP contribution in [0.5, 0.6) is 0 Å². The number of nitrogens with zero attached hydrogens (tertiary/aromatic N) is 2. The summed E-state index contributed by atoms with van der Waals surface area (Å²) in [4.78, 5) is 13.0. The van der Waals surface area contributed by atoms with Gasteiger partial charge in [-0.15, -0.1) is 0 Å². The van der Waals surface area contributed by atoms with Gasteiger partial charge < -0.3 is 9.15 Å². The molecule has 5 heteroatoms. The van der Waals surface area contributed by atoms with Crippen molar-refractivity contribution in [2.24, 2.45) is 0 Å². The maximum absolute atomic E-state index is 11.8. The summed E-state index contributed by atoms with van der Waals surface area (Å²) in [6, 6.07) is 4.54. The molecule has 0 aliphatic carbocycles. The number of carbonyl (C=O) groups excluding carboxylic acids is 1. The molecule has 5 nitrogen and oxygen atoms in total. The summed E-state index contributed by atoms with van der Waals surface area (Å²) in [5.74, 6) is 0.417. The number of carbonyl (C=O) groups is 1. The molecule has 1 amide bonds. The molecule has 1 aromatic heterocycles. The van der Waals surface area contributed by atoms with Crippen LogP contribution in [0, 0.1) is 11.3 Å². The Kier molecular flexibility index (Phi) is 3.79. The zero-order chi connectivity index (χ0) is 13.1. The molecule has 0 saturated heterocycles. The Hall–Kier alpha value is -1.96. The van der Waals surface area contributed by atoms with E-state index < -0.39 is 17.7 Å². The molecular formula is C12H16N2O3. The fraction of sp³-hybridized carbons (Fsp3) is 0.500. The molecule has 0 radical (unpaired) electrons. The van der Waals surface area contributed by atoms with Crippen LogP contribution in [0.3, 0.4) is 0 Å². The summed E-state index contributed by atoms with van der Waals surface area (Å²) in [6.07, 6.45) is 0.906. The zero-order valence-electron chi connectivity index (χ0n) is 10.4. The molecular weight excluding hydrogens is 220 g/mol. The smallest absolute Gasteiger partial charge is 0.411 e. The van der Waals surface area contributed by atoms with Gasteiger partial charge in [0.15, 0.2) is 6.04 Å². The van der Waals surface area contributed by atoms with E-state index in [1.165, 1.54) is 18.2 Å². The van der Waals surface area contributed by atoms with Gasteiger partial charge in [-0.3, -0.25) is 4.90 Å². The van der Waals surface area contributed by atoms with Crippen LogP contribution in [0.2, 0.25) is 0 Å². The number of hydrogen-bond acceptors (Lipinski definition) is 4. The highest BCUT2D eigenvalue weighted by atomic mass is 16.6. The van der Waals surface area contributed by atoms with Gasteiger partial charge in [-0.2, -0.15) is 5.26 Å². The van der Waals surface area contributed by atoms with Gasteiger partial charge in [0.1, 0.15) is 11.4 Å². The van der Waals surface area contributed by atoms with Crippen molar-refractivity contribution in [3.8, 4) is 6.07 Å². The highest BCUT2D eigenvalue weighted by Crippen LogP contribution is 2.21. The van der Waals surface area contributed by atoms with Crippen molar-refractivity contribution < 1.29 is 13.9 Å². The Morgan fingerprint density at radius 3 is 2.65 bits per heavy atom. The predicted octanol–water partition coefficient (Wildman–Crippen LogP) is 2.71. The molecule has 0 aliphatic heterocycles. The van der Waals surface area contributed by atoms with E-state index in [4.69, 9.17) is 14.4 Å². The standard InChI is InChI=1S/C12H16N2O3/c1-12(2,3)17-11(15)14(4)9(8-13)10-6-5-7-16-10/h5-7,9H,1-4H3.